The zero-order valence-electron chi connectivity index (χ0n) is 25.2. The number of nitrogens with one attached hydrogen (secondary N) is 1. The first-order valence-corrected chi connectivity index (χ1v) is 17.5. The van der Waals surface area contributed by atoms with Crippen LogP contribution in [0.3, 0.4) is 0 Å². The number of halogens is 6. The predicted molar refractivity (Wildman–Crippen MR) is 176 cm³/mol. The second-order valence-corrected chi connectivity index (χ2v) is 14.5. The van der Waals surface area contributed by atoms with Gasteiger partial charge in [0, 0.05) is 17.9 Å². The van der Waals surface area contributed by atoms with Gasteiger partial charge in [-0.15, -0.1) is 5.10 Å². The van der Waals surface area contributed by atoms with Crippen LogP contribution in [0.25, 0.3) is 16.8 Å². The number of rotatable bonds is 10. The molecule has 0 spiro atoms. The van der Waals surface area contributed by atoms with Crippen LogP contribution in [-0.4, -0.2) is 33.0 Å². The van der Waals surface area contributed by atoms with E-state index in [1.807, 2.05) is 6.92 Å². The van der Waals surface area contributed by atoms with Crippen LogP contribution < -0.4 is 10.4 Å². The fourth-order valence-electron chi connectivity index (χ4n) is 5.02. The topological polar surface area (TPSA) is 103 Å². The van der Waals surface area contributed by atoms with Crippen LogP contribution in [0.5, 0.6) is 0 Å². The van der Waals surface area contributed by atoms with Crippen molar-refractivity contribution in [3.63, 3.8) is 0 Å². The monoisotopic (exact) mass is 730 g/mol. The van der Waals surface area contributed by atoms with Crippen molar-refractivity contribution in [3.8, 4) is 16.8 Å². The first-order chi connectivity index (χ1) is 22.2. The highest BCUT2D eigenvalue weighted by Crippen LogP contribution is 2.33. The van der Waals surface area contributed by atoms with Gasteiger partial charge in [0.25, 0.3) is 10.0 Å². The lowest BCUT2D eigenvalue weighted by molar-refractivity contribution is -0.137. The molecule has 1 heterocycles. The summed E-state index contributed by atoms with van der Waals surface area (Å²) >= 11 is 14.4. The van der Waals surface area contributed by atoms with Crippen LogP contribution in [0.4, 0.5) is 13.2 Å². The van der Waals surface area contributed by atoms with Gasteiger partial charge in [-0.25, -0.2) is 17.9 Å². The lowest BCUT2D eigenvalue weighted by Gasteiger charge is -2.24. The Morgan fingerprint density at radius 1 is 1.00 bits per heavy atom. The Bertz CT molecular complexity index is 1850. The number of amides is 1. The summed E-state index contributed by atoms with van der Waals surface area (Å²) in [6.45, 7) is 2.03. The summed E-state index contributed by atoms with van der Waals surface area (Å²) in [7, 11) is -4.11. The third kappa shape index (κ3) is 9.19. The number of unbranched alkanes of at least 4 members (excludes halogenated alkanes) is 1. The Hall–Kier alpha value is -3.32. The van der Waals surface area contributed by atoms with E-state index in [0.717, 1.165) is 23.6 Å². The zero-order chi connectivity index (χ0) is 34.4. The van der Waals surface area contributed by atoms with Crippen molar-refractivity contribution in [1.29, 1.82) is 0 Å². The Balaban J connectivity index is 0.00000118. The quantitative estimate of drug-likeness (QED) is 0.169. The number of aromatic nitrogens is 3. The smallest absolute Gasteiger partial charge is 0.274 e. The van der Waals surface area contributed by atoms with Crippen molar-refractivity contribution in [2.24, 2.45) is 5.92 Å². The molecule has 252 valence electrons. The van der Waals surface area contributed by atoms with Crippen LogP contribution in [0.2, 0.25) is 0 Å². The number of carbonyl (C=O) groups excluding carboxylic acids is 1. The molecule has 0 saturated heterocycles. The van der Waals surface area contributed by atoms with E-state index in [0.29, 0.717) is 48.2 Å². The molecule has 0 unspecified atom stereocenters. The van der Waals surface area contributed by atoms with E-state index in [2.05, 4.69) is 9.82 Å². The van der Waals surface area contributed by atoms with E-state index in [1.54, 1.807) is 42.5 Å². The van der Waals surface area contributed by atoms with Crippen molar-refractivity contribution >= 4 is 50.7 Å². The van der Waals surface area contributed by atoms with Gasteiger partial charge in [0.05, 0.1) is 22.7 Å². The molecule has 0 aliphatic heterocycles. The number of aryl methyl sites for hydroxylation is 1. The number of nitrogens with zero attached hydrogens (tertiary/aromatic N) is 3. The molecule has 0 bridgehead atoms. The summed E-state index contributed by atoms with van der Waals surface area (Å²) < 4.78 is 71.0. The van der Waals surface area contributed by atoms with Gasteiger partial charge in [0.1, 0.15) is 5.82 Å². The maximum Gasteiger partial charge on any atom is 0.418 e. The highest BCUT2D eigenvalue weighted by Gasteiger charge is 2.35. The minimum absolute atomic E-state index is 0.0295. The molecule has 47 heavy (non-hydrogen) atoms. The van der Waals surface area contributed by atoms with Crippen molar-refractivity contribution < 1.29 is 26.4 Å². The normalized spacial score (nSPS) is 13.5. The number of benzene rings is 3. The van der Waals surface area contributed by atoms with Crippen molar-refractivity contribution in [1.82, 2.24) is 19.1 Å². The molecule has 1 aliphatic rings. The van der Waals surface area contributed by atoms with Crippen LogP contribution in [-0.2, 0) is 34.0 Å². The molecule has 0 radical (unpaired) electrons. The van der Waals surface area contributed by atoms with E-state index in [4.69, 9.17) is 34.8 Å². The molecule has 0 atom stereocenters. The number of carbonyl (C=O) groups is 1. The summed E-state index contributed by atoms with van der Waals surface area (Å²) in [6, 6.07) is 18.1. The van der Waals surface area contributed by atoms with Crippen LogP contribution in [0.15, 0.2) is 82.5 Å². The molecule has 8 nitrogen and oxygen atoms in total. The molecule has 5 rings (SSSR count). The third-order valence-electron chi connectivity index (χ3n) is 7.62. The molecule has 15 heteroatoms. The molecular formula is C32H32Cl3F3N4O4S. The largest absolute Gasteiger partial charge is 0.418 e. The summed E-state index contributed by atoms with van der Waals surface area (Å²) in [5.41, 5.74) is -0.328. The average Bonchev–Trinajstić information content (AvgIpc) is 3.29. The van der Waals surface area contributed by atoms with Crippen molar-refractivity contribution in [2.75, 3.05) is 0 Å². The molecular weight excluding hydrogens is 700 g/mol. The standard InChI is InChI=1S/C31H31F3N4O4S.CHCl3/c1-2-3-15-28-35-38(26-13-6-5-12-25(26)31(32,33)34)30(40)37(28)20-21-16-18-22(19-17-21)24-11-4-7-14-27(24)43(41,42)36-29(39)23-9-8-10-23;2-1(3)4/h4-7,11-14,16-19,23H,2-3,8-10,15,20H2,1H3,(H,36,39);1H. The first kappa shape index (κ1) is 36.5. The molecule has 1 amide bonds. The van der Waals surface area contributed by atoms with Gasteiger partial charge in [-0.3, -0.25) is 9.36 Å². The van der Waals surface area contributed by atoms with E-state index in [-0.39, 0.29) is 23.0 Å². The van der Waals surface area contributed by atoms with E-state index < -0.39 is 37.7 Å². The zero-order valence-corrected chi connectivity index (χ0v) is 28.3. The number of alkyl halides is 6. The Labute approximate surface area is 285 Å². The first-order valence-electron chi connectivity index (χ1n) is 14.8. The van der Waals surface area contributed by atoms with Gasteiger partial charge in [-0.1, -0.05) is 109 Å². The van der Waals surface area contributed by atoms with Gasteiger partial charge in [0.2, 0.25) is 5.91 Å². The van der Waals surface area contributed by atoms with Gasteiger partial charge >= 0.3 is 11.9 Å². The van der Waals surface area contributed by atoms with Crippen molar-refractivity contribution in [2.45, 2.75) is 67.4 Å². The number of hydrogen-bond acceptors (Lipinski definition) is 5. The average molecular weight is 732 g/mol. The Kier molecular flexibility index (Phi) is 12.2. The third-order valence-corrected chi connectivity index (χ3v) is 9.03. The second-order valence-electron chi connectivity index (χ2n) is 10.9. The van der Waals surface area contributed by atoms with Gasteiger partial charge < -0.3 is 0 Å². The van der Waals surface area contributed by atoms with Crippen LogP contribution in [0, 0.1) is 5.92 Å². The summed E-state index contributed by atoms with van der Waals surface area (Å²) in [4.78, 5) is 25.8. The van der Waals surface area contributed by atoms with Crippen LogP contribution >= 0.6 is 34.8 Å². The van der Waals surface area contributed by atoms with Gasteiger partial charge in [0.15, 0.2) is 4.30 Å². The maximum atomic E-state index is 13.7. The minimum atomic E-state index is -4.66. The summed E-state index contributed by atoms with van der Waals surface area (Å²) in [6.07, 6.45) is -0.527. The SMILES string of the molecule is CCCCc1nn(-c2ccccc2C(F)(F)F)c(=O)n1Cc1ccc(-c2ccccc2S(=O)(=O)NC(=O)C2CCC2)cc1.ClC(Cl)Cl. The lowest BCUT2D eigenvalue weighted by Crippen LogP contribution is -2.38. The molecule has 4 aromatic rings. The second kappa shape index (κ2) is 15.7. The Morgan fingerprint density at radius 3 is 2.21 bits per heavy atom. The predicted octanol–water partition coefficient (Wildman–Crippen LogP) is 7.70. The number of hydrogen-bond donors (Lipinski definition) is 1. The molecule has 1 aromatic heterocycles. The molecule has 1 saturated carbocycles. The molecule has 1 fully saturated rings. The fraction of sp³-hybridized carbons (Fsp3) is 0.344. The van der Waals surface area contributed by atoms with Crippen LogP contribution in [0.1, 0.15) is 56.0 Å². The fourth-order valence-corrected chi connectivity index (χ4v) is 6.30. The molecule has 1 aliphatic carbocycles. The molecule has 3 aromatic carbocycles. The van der Waals surface area contributed by atoms with E-state index in [9.17, 15) is 31.2 Å². The number of sulfonamides is 1. The van der Waals surface area contributed by atoms with E-state index in [1.165, 1.54) is 28.8 Å². The lowest BCUT2D eigenvalue weighted by atomic mass is 9.85. The number of para-hydroxylation sites is 1. The summed E-state index contributed by atoms with van der Waals surface area (Å²) in [5.74, 6) is -0.427. The highest BCUT2D eigenvalue weighted by atomic mass is 35.6. The highest BCUT2D eigenvalue weighted by molar-refractivity contribution is 7.90. The maximum absolute atomic E-state index is 13.7. The van der Waals surface area contributed by atoms with Gasteiger partial charge in [-0.2, -0.15) is 17.9 Å². The summed E-state index contributed by atoms with van der Waals surface area (Å²) in [5, 5.41) is 4.30. The Morgan fingerprint density at radius 2 is 1.62 bits per heavy atom. The molecule has 1 N–H and O–H groups in total. The van der Waals surface area contributed by atoms with Gasteiger partial charge in [-0.05, 0) is 48.6 Å². The van der Waals surface area contributed by atoms with Crippen molar-refractivity contribution in [3.05, 3.63) is 100 Å². The minimum Gasteiger partial charge on any atom is -0.274 e. The van der Waals surface area contributed by atoms with E-state index >= 15 is 0 Å².